The molecule has 0 aromatic heterocycles. The summed E-state index contributed by atoms with van der Waals surface area (Å²) in [6, 6.07) is 15.5. The Hall–Kier alpha value is -3.80. The molecule has 1 fully saturated rings. The minimum Gasteiger partial charge on any atom is -0.457 e. The van der Waals surface area contributed by atoms with Crippen LogP contribution in [0.3, 0.4) is 0 Å². The van der Waals surface area contributed by atoms with Gasteiger partial charge in [0.2, 0.25) is 0 Å². The summed E-state index contributed by atoms with van der Waals surface area (Å²) in [5.74, 6) is 1.28. The Morgan fingerprint density at radius 1 is 1.10 bits per heavy atom. The lowest BCUT2D eigenvalue weighted by atomic mass is 10.3. The first-order valence-corrected chi connectivity index (χ1v) is 9.31. The molecule has 1 aliphatic heterocycles. The highest BCUT2D eigenvalue weighted by molar-refractivity contribution is 6.08. The van der Waals surface area contributed by atoms with E-state index >= 15 is 0 Å². The van der Waals surface area contributed by atoms with E-state index in [1.165, 1.54) is 4.90 Å². The molecule has 0 radical (unpaired) electrons. The average Bonchev–Trinajstić information content (AvgIpc) is 3.12. The highest BCUT2D eigenvalue weighted by Crippen LogP contribution is 2.22. The van der Waals surface area contributed by atoms with E-state index in [1.54, 1.807) is 41.3 Å². The predicted octanol–water partition coefficient (Wildman–Crippen LogP) is 5.19. The van der Waals surface area contributed by atoms with E-state index in [9.17, 15) is 9.59 Å². The van der Waals surface area contributed by atoms with Crippen LogP contribution >= 0.6 is 0 Å². The summed E-state index contributed by atoms with van der Waals surface area (Å²) in [5.41, 5.74) is 1.35. The Balaban J connectivity index is 1.62. The van der Waals surface area contributed by atoms with Crippen LogP contribution in [0.2, 0.25) is 0 Å². The van der Waals surface area contributed by atoms with Crippen LogP contribution in [0.15, 0.2) is 91.2 Å². The Labute approximate surface area is 170 Å². The molecule has 4 amide bonds. The van der Waals surface area contributed by atoms with Crippen molar-refractivity contribution < 1.29 is 14.3 Å². The van der Waals surface area contributed by atoms with Crippen molar-refractivity contribution in [3.8, 4) is 5.75 Å². The summed E-state index contributed by atoms with van der Waals surface area (Å²) >= 11 is 0. The summed E-state index contributed by atoms with van der Waals surface area (Å²) in [7, 11) is 0. The number of para-hydroxylation sites is 1. The quantitative estimate of drug-likeness (QED) is 0.547. The van der Waals surface area contributed by atoms with Crippen LogP contribution in [-0.4, -0.2) is 30.1 Å². The number of nitrogens with zero attached hydrogens (tertiary/aromatic N) is 2. The highest BCUT2D eigenvalue weighted by atomic mass is 16.5. The summed E-state index contributed by atoms with van der Waals surface area (Å²) < 4.78 is 5.75. The summed E-state index contributed by atoms with van der Waals surface area (Å²) in [4.78, 5) is 27.9. The molecule has 2 aromatic rings. The average molecular weight is 389 g/mol. The smallest absolute Gasteiger partial charge is 0.332 e. The van der Waals surface area contributed by atoms with Crippen LogP contribution in [0, 0.1) is 0 Å². The van der Waals surface area contributed by atoms with Crippen LogP contribution in [0.5, 0.6) is 5.75 Å². The first kappa shape index (κ1) is 19.9. The molecule has 148 valence electrons. The number of benzene rings is 2. The molecular weight excluding hydrogens is 366 g/mol. The molecule has 1 aliphatic rings. The number of rotatable bonds is 6. The number of nitrogens with one attached hydrogen (secondary N) is 1. The molecule has 6 heteroatoms. The van der Waals surface area contributed by atoms with Crippen molar-refractivity contribution in [3.05, 3.63) is 91.2 Å². The van der Waals surface area contributed by atoms with Gasteiger partial charge in [0, 0.05) is 17.9 Å². The molecule has 6 nitrogen and oxygen atoms in total. The third-order valence-corrected chi connectivity index (χ3v) is 4.28. The molecule has 0 saturated carbocycles. The van der Waals surface area contributed by atoms with Gasteiger partial charge in [-0.05, 0) is 55.5 Å². The monoisotopic (exact) mass is 389 g/mol. The second-order valence-corrected chi connectivity index (χ2v) is 6.28. The van der Waals surface area contributed by atoms with Gasteiger partial charge in [0.15, 0.2) is 0 Å². The Morgan fingerprint density at radius 3 is 2.48 bits per heavy atom. The third kappa shape index (κ3) is 4.93. The molecular formula is C23H23N3O3. The predicted molar refractivity (Wildman–Crippen MR) is 115 cm³/mol. The minimum absolute atomic E-state index is 0.333. The maximum Gasteiger partial charge on any atom is 0.332 e. The van der Waals surface area contributed by atoms with Crippen LogP contribution in [-0.2, 0) is 0 Å². The van der Waals surface area contributed by atoms with Gasteiger partial charge in [-0.2, -0.15) is 0 Å². The molecule has 3 rings (SSSR count). The van der Waals surface area contributed by atoms with Gasteiger partial charge in [-0.25, -0.2) is 14.5 Å². The molecule has 0 spiro atoms. The van der Waals surface area contributed by atoms with Gasteiger partial charge < -0.3 is 10.1 Å². The van der Waals surface area contributed by atoms with Gasteiger partial charge in [0.05, 0.1) is 6.54 Å². The number of allylic oxidation sites excluding steroid dienone is 4. The number of carbonyl (C=O) groups excluding carboxylic acids is 2. The largest absolute Gasteiger partial charge is 0.457 e. The fourth-order valence-corrected chi connectivity index (χ4v) is 2.91. The van der Waals surface area contributed by atoms with Crippen LogP contribution in [0.4, 0.5) is 21.0 Å². The van der Waals surface area contributed by atoms with Crippen LogP contribution in [0.25, 0.3) is 0 Å². The van der Waals surface area contributed by atoms with E-state index in [2.05, 4.69) is 11.9 Å². The molecule has 0 unspecified atom stereocenters. The lowest BCUT2D eigenvalue weighted by Crippen LogP contribution is -2.39. The number of hydrogen-bond donors (Lipinski definition) is 1. The van der Waals surface area contributed by atoms with Crippen molar-refractivity contribution in [3.63, 3.8) is 0 Å². The maximum atomic E-state index is 12.6. The molecule has 0 aliphatic carbocycles. The lowest BCUT2D eigenvalue weighted by Gasteiger charge is -2.18. The second kappa shape index (κ2) is 9.41. The second-order valence-electron chi connectivity index (χ2n) is 6.28. The lowest BCUT2D eigenvalue weighted by molar-refractivity contribution is 0.209. The molecule has 1 saturated heterocycles. The van der Waals surface area contributed by atoms with E-state index in [-0.39, 0.29) is 6.03 Å². The van der Waals surface area contributed by atoms with E-state index in [1.807, 2.05) is 49.4 Å². The Kier molecular flexibility index (Phi) is 6.47. The van der Waals surface area contributed by atoms with Gasteiger partial charge in [-0.3, -0.25) is 4.90 Å². The standard InChI is InChI=1S/C23H23N3O3/c1-3-8-20(9-4-2)29-21-14-12-18(13-15-21)24-22(27)26-17-16-25(23(26)28)19-10-6-5-7-11-19/h3-15H,1,16-17H2,2H3,(H,24,27)/b9-4-,20-8+. The first-order valence-electron chi connectivity index (χ1n) is 9.31. The highest BCUT2D eigenvalue weighted by Gasteiger charge is 2.33. The van der Waals surface area contributed by atoms with E-state index in [0.29, 0.717) is 30.3 Å². The SMILES string of the molecule is C=C/C=C(\C=C/C)Oc1ccc(NC(=O)N2CCN(c3ccccc3)C2=O)cc1. The van der Waals surface area contributed by atoms with Crippen molar-refractivity contribution in [1.82, 2.24) is 4.90 Å². The van der Waals surface area contributed by atoms with E-state index in [4.69, 9.17) is 4.74 Å². The van der Waals surface area contributed by atoms with Crippen LogP contribution in [0.1, 0.15) is 6.92 Å². The maximum absolute atomic E-state index is 12.6. The van der Waals surface area contributed by atoms with Crippen molar-refractivity contribution in [2.75, 3.05) is 23.3 Å². The molecule has 29 heavy (non-hydrogen) atoms. The van der Waals surface area contributed by atoms with Gasteiger partial charge >= 0.3 is 12.1 Å². The van der Waals surface area contributed by atoms with Crippen molar-refractivity contribution in [2.24, 2.45) is 0 Å². The fourth-order valence-electron chi connectivity index (χ4n) is 2.91. The van der Waals surface area contributed by atoms with Crippen molar-refractivity contribution in [2.45, 2.75) is 6.92 Å². The molecule has 0 bridgehead atoms. The van der Waals surface area contributed by atoms with Gasteiger partial charge in [-0.15, -0.1) is 0 Å². The normalized spacial score (nSPS) is 14.4. The zero-order chi connectivity index (χ0) is 20.6. The number of carbonyl (C=O) groups is 2. The van der Waals surface area contributed by atoms with E-state index in [0.717, 1.165) is 5.69 Å². The molecule has 0 atom stereocenters. The Morgan fingerprint density at radius 2 is 1.83 bits per heavy atom. The number of urea groups is 2. The van der Waals surface area contributed by atoms with Crippen molar-refractivity contribution in [1.29, 1.82) is 0 Å². The fraction of sp³-hybridized carbons (Fsp3) is 0.130. The van der Waals surface area contributed by atoms with Gasteiger partial charge in [0.25, 0.3) is 0 Å². The van der Waals surface area contributed by atoms with Crippen LogP contribution < -0.4 is 15.0 Å². The molecule has 1 N–H and O–H groups in total. The molecule has 2 aromatic carbocycles. The number of imide groups is 1. The summed E-state index contributed by atoms with van der Waals surface area (Å²) in [6.07, 6.45) is 7.10. The number of amides is 4. The van der Waals surface area contributed by atoms with Gasteiger partial charge in [-0.1, -0.05) is 36.9 Å². The number of ether oxygens (including phenoxy) is 1. The summed E-state index contributed by atoms with van der Waals surface area (Å²) in [5, 5.41) is 2.76. The number of anilines is 2. The first-order chi connectivity index (χ1) is 14.1. The van der Waals surface area contributed by atoms with Crippen molar-refractivity contribution >= 4 is 23.4 Å². The minimum atomic E-state index is -0.455. The Bertz CT molecular complexity index is 934. The third-order valence-electron chi connectivity index (χ3n) is 4.28. The summed E-state index contributed by atoms with van der Waals surface area (Å²) in [6.45, 7) is 6.36. The zero-order valence-electron chi connectivity index (χ0n) is 16.2. The van der Waals surface area contributed by atoms with Gasteiger partial charge in [0.1, 0.15) is 11.5 Å². The zero-order valence-corrected chi connectivity index (χ0v) is 16.2. The number of hydrogen-bond acceptors (Lipinski definition) is 3. The molecule has 1 heterocycles. The van der Waals surface area contributed by atoms with E-state index < -0.39 is 6.03 Å². The topological polar surface area (TPSA) is 61.9 Å².